The molecule has 3 aromatic rings. The van der Waals surface area contributed by atoms with Gasteiger partial charge in [0, 0.05) is 31.9 Å². The Bertz CT molecular complexity index is 1410. The first-order valence-corrected chi connectivity index (χ1v) is 11.1. The summed E-state index contributed by atoms with van der Waals surface area (Å²) in [6.07, 6.45) is 3.33. The average molecular weight is 457 g/mol. The van der Waals surface area contributed by atoms with Crippen molar-refractivity contribution >= 4 is 17.6 Å². The molecule has 2 N–H and O–H groups in total. The zero-order valence-corrected chi connectivity index (χ0v) is 18.1. The molecule has 1 aromatic carbocycles. The lowest BCUT2D eigenvalue weighted by Gasteiger charge is -2.20. The topological polar surface area (TPSA) is 116 Å². The third-order valence-electron chi connectivity index (χ3n) is 6.98. The molecule has 9 nitrogen and oxygen atoms in total. The Morgan fingerprint density at radius 1 is 1.15 bits per heavy atom. The highest BCUT2D eigenvalue weighted by Crippen LogP contribution is 2.39. The number of fused-ring (bicyclic) bond motifs is 1. The second-order valence-corrected chi connectivity index (χ2v) is 8.88. The molecule has 1 atom stereocenters. The summed E-state index contributed by atoms with van der Waals surface area (Å²) in [7, 11) is 0. The standard InChI is InChI=1S/C24H20FN7O2/c25-15-3-1-2-14(11-26)20(15)16-10-18(21-17(29-16)12-28-22(21)33)32-8-4-19(30-32)31-9-6-24(13-31)5-7-27-23(24)34/h1-4,8,10H,5-7,9,12-13H2,(H,27,34)(H,28,33)/t24-/m0/s1. The van der Waals surface area contributed by atoms with E-state index in [1.165, 1.54) is 18.2 Å². The van der Waals surface area contributed by atoms with Crippen molar-refractivity contribution in [2.24, 2.45) is 5.41 Å². The van der Waals surface area contributed by atoms with E-state index < -0.39 is 5.82 Å². The number of nitrogens with one attached hydrogen (secondary N) is 2. The number of rotatable bonds is 3. The first-order chi connectivity index (χ1) is 16.5. The number of amides is 2. The van der Waals surface area contributed by atoms with Crippen molar-refractivity contribution in [3.63, 3.8) is 0 Å². The smallest absolute Gasteiger partial charge is 0.255 e. The van der Waals surface area contributed by atoms with Gasteiger partial charge in [-0.05, 0) is 31.0 Å². The molecular weight excluding hydrogens is 437 g/mol. The van der Waals surface area contributed by atoms with Crippen LogP contribution in [0.4, 0.5) is 10.2 Å². The van der Waals surface area contributed by atoms with Crippen molar-refractivity contribution in [3.8, 4) is 23.0 Å². The Labute approximate surface area is 194 Å². The largest absolute Gasteiger partial charge is 0.356 e. The molecule has 170 valence electrons. The van der Waals surface area contributed by atoms with Gasteiger partial charge in [-0.1, -0.05) is 6.07 Å². The van der Waals surface area contributed by atoms with Gasteiger partial charge in [0.25, 0.3) is 5.91 Å². The molecule has 0 saturated carbocycles. The van der Waals surface area contributed by atoms with E-state index in [2.05, 4.69) is 20.5 Å². The molecule has 10 heteroatoms. The summed E-state index contributed by atoms with van der Waals surface area (Å²) in [5, 5.41) is 19.9. The Hall–Kier alpha value is -4.26. The van der Waals surface area contributed by atoms with Gasteiger partial charge in [0.05, 0.1) is 51.8 Å². The summed E-state index contributed by atoms with van der Waals surface area (Å²) in [5.41, 5.74) is 1.46. The van der Waals surface area contributed by atoms with Crippen LogP contribution in [0.15, 0.2) is 36.5 Å². The molecule has 34 heavy (non-hydrogen) atoms. The predicted octanol–water partition coefficient (Wildman–Crippen LogP) is 1.90. The van der Waals surface area contributed by atoms with Gasteiger partial charge in [-0.15, -0.1) is 0 Å². The number of nitriles is 1. The molecule has 6 rings (SSSR count). The fraction of sp³-hybridized carbons (Fsp3) is 0.292. The first kappa shape index (κ1) is 20.4. The van der Waals surface area contributed by atoms with Gasteiger partial charge in [-0.2, -0.15) is 10.4 Å². The molecule has 3 aliphatic rings. The number of aromatic nitrogens is 3. The molecule has 0 aliphatic carbocycles. The van der Waals surface area contributed by atoms with Gasteiger partial charge in [-0.25, -0.2) is 14.1 Å². The van der Waals surface area contributed by atoms with E-state index in [0.717, 1.165) is 12.8 Å². The van der Waals surface area contributed by atoms with Gasteiger partial charge in [0.15, 0.2) is 5.82 Å². The number of pyridine rings is 1. The highest BCUT2D eigenvalue weighted by atomic mass is 19.1. The maximum atomic E-state index is 14.7. The molecule has 2 aromatic heterocycles. The predicted molar refractivity (Wildman–Crippen MR) is 120 cm³/mol. The minimum atomic E-state index is -0.562. The van der Waals surface area contributed by atoms with Gasteiger partial charge < -0.3 is 15.5 Å². The SMILES string of the molecule is N#Cc1cccc(F)c1-c1cc(-n2ccc(N3CC[C@@]4(CCNC4=O)C3)n2)c2c(n1)CNC2=O. The Morgan fingerprint density at radius 2 is 2.03 bits per heavy atom. The monoisotopic (exact) mass is 457 g/mol. The molecule has 2 saturated heterocycles. The van der Waals surface area contributed by atoms with Gasteiger partial charge in [0.1, 0.15) is 5.82 Å². The number of hydrogen-bond donors (Lipinski definition) is 2. The molecule has 5 heterocycles. The highest BCUT2D eigenvalue weighted by molar-refractivity contribution is 6.01. The Morgan fingerprint density at radius 3 is 2.82 bits per heavy atom. The molecular formula is C24H20FN7O2. The molecule has 3 aliphatic heterocycles. The summed E-state index contributed by atoms with van der Waals surface area (Å²) >= 11 is 0. The van der Waals surface area contributed by atoms with Crippen LogP contribution in [0.3, 0.4) is 0 Å². The minimum Gasteiger partial charge on any atom is -0.356 e. The van der Waals surface area contributed by atoms with Crippen LogP contribution in [-0.4, -0.2) is 46.2 Å². The lowest BCUT2D eigenvalue weighted by Crippen LogP contribution is -2.34. The van der Waals surface area contributed by atoms with Crippen molar-refractivity contribution in [3.05, 3.63) is 59.2 Å². The van der Waals surface area contributed by atoms with Gasteiger partial charge in [-0.3, -0.25) is 9.59 Å². The van der Waals surface area contributed by atoms with Crippen LogP contribution in [0.5, 0.6) is 0 Å². The van der Waals surface area contributed by atoms with Crippen LogP contribution in [-0.2, 0) is 11.3 Å². The minimum absolute atomic E-state index is 0.0921. The summed E-state index contributed by atoms with van der Waals surface area (Å²) < 4.78 is 16.3. The van der Waals surface area contributed by atoms with Gasteiger partial charge in [0.2, 0.25) is 5.91 Å². The third-order valence-corrected chi connectivity index (χ3v) is 6.98. The highest BCUT2D eigenvalue weighted by Gasteiger charge is 2.47. The van der Waals surface area contributed by atoms with E-state index in [4.69, 9.17) is 5.10 Å². The lowest BCUT2D eigenvalue weighted by atomic mass is 9.86. The van der Waals surface area contributed by atoms with E-state index in [-0.39, 0.29) is 40.6 Å². The Balaban J connectivity index is 1.42. The van der Waals surface area contributed by atoms with Crippen molar-refractivity contribution < 1.29 is 14.0 Å². The molecule has 0 bridgehead atoms. The van der Waals surface area contributed by atoms with Crippen LogP contribution in [0.2, 0.25) is 0 Å². The normalized spacial score (nSPS) is 21.0. The molecule has 1 spiro atoms. The quantitative estimate of drug-likeness (QED) is 0.621. The fourth-order valence-electron chi connectivity index (χ4n) is 5.19. The zero-order valence-electron chi connectivity index (χ0n) is 18.1. The number of hydrogen-bond acceptors (Lipinski definition) is 6. The van der Waals surface area contributed by atoms with E-state index in [0.29, 0.717) is 42.4 Å². The van der Waals surface area contributed by atoms with Crippen molar-refractivity contribution in [1.82, 2.24) is 25.4 Å². The van der Waals surface area contributed by atoms with Crippen LogP contribution >= 0.6 is 0 Å². The maximum absolute atomic E-state index is 14.7. The Kier molecular flexibility index (Phi) is 4.42. The van der Waals surface area contributed by atoms with Crippen LogP contribution in [0.1, 0.15) is 34.5 Å². The number of carbonyl (C=O) groups excluding carboxylic acids is 2. The third kappa shape index (κ3) is 2.97. The van der Waals surface area contributed by atoms with E-state index in [1.807, 2.05) is 12.1 Å². The van der Waals surface area contributed by atoms with E-state index in [1.54, 1.807) is 16.9 Å². The van der Waals surface area contributed by atoms with Crippen molar-refractivity contribution in [1.29, 1.82) is 5.26 Å². The summed E-state index contributed by atoms with van der Waals surface area (Å²) in [6.45, 7) is 2.22. The number of anilines is 1. The average Bonchev–Trinajstić information content (AvgIpc) is 3.62. The fourth-order valence-corrected chi connectivity index (χ4v) is 5.19. The molecule has 2 fully saturated rings. The second-order valence-electron chi connectivity index (χ2n) is 8.88. The first-order valence-electron chi connectivity index (χ1n) is 11.1. The summed E-state index contributed by atoms with van der Waals surface area (Å²) in [6, 6.07) is 9.74. The van der Waals surface area contributed by atoms with Gasteiger partial charge >= 0.3 is 0 Å². The van der Waals surface area contributed by atoms with E-state index in [9.17, 15) is 19.2 Å². The summed E-state index contributed by atoms with van der Waals surface area (Å²) in [5.74, 6) is -0.0439. The lowest BCUT2D eigenvalue weighted by molar-refractivity contribution is -0.126. The molecule has 0 unspecified atom stereocenters. The number of nitrogens with zero attached hydrogens (tertiary/aromatic N) is 5. The molecule has 2 amide bonds. The number of benzene rings is 1. The van der Waals surface area contributed by atoms with Crippen LogP contribution < -0.4 is 15.5 Å². The van der Waals surface area contributed by atoms with E-state index >= 15 is 0 Å². The van der Waals surface area contributed by atoms with Crippen molar-refractivity contribution in [2.45, 2.75) is 19.4 Å². The maximum Gasteiger partial charge on any atom is 0.255 e. The number of carbonyl (C=O) groups is 2. The molecule has 0 radical (unpaired) electrons. The van der Waals surface area contributed by atoms with Crippen LogP contribution in [0.25, 0.3) is 16.9 Å². The van der Waals surface area contributed by atoms with Crippen LogP contribution in [0, 0.1) is 22.6 Å². The van der Waals surface area contributed by atoms with Crippen molar-refractivity contribution in [2.75, 3.05) is 24.5 Å². The zero-order chi connectivity index (χ0) is 23.4. The second kappa shape index (κ2) is 7.38. The number of halogens is 1. The summed E-state index contributed by atoms with van der Waals surface area (Å²) in [4.78, 5) is 31.5.